The van der Waals surface area contributed by atoms with Crippen LogP contribution in [0.25, 0.3) is 0 Å². The van der Waals surface area contributed by atoms with E-state index in [1.165, 1.54) is 19.3 Å². The fourth-order valence-corrected chi connectivity index (χ4v) is 1.97. The largest absolute Gasteiger partial charge is 0.503 e. The predicted octanol–water partition coefficient (Wildman–Crippen LogP) is 2.81. The lowest BCUT2D eigenvalue weighted by atomic mass is 9.98. The third kappa shape index (κ3) is 2.61. The van der Waals surface area contributed by atoms with Crippen molar-refractivity contribution in [3.63, 3.8) is 0 Å². The molecule has 3 heteroatoms. The first-order chi connectivity index (χ1) is 7.25. The molecule has 0 spiro atoms. The lowest BCUT2D eigenvalue weighted by Gasteiger charge is -2.22. The average molecular weight is 207 g/mol. The van der Waals surface area contributed by atoms with Crippen LogP contribution in [0.4, 0.5) is 0 Å². The number of aromatic hydroxyl groups is 1. The molecule has 0 saturated heterocycles. The van der Waals surface area contributed by atoms with Crippen LogP contribution in [-0.4, -0.2) is 16.2 Å². The van der Waals surface area contributed by atoms with E-state index in [-0.39, 0.29) is 11.9 Å². The van der Waals surface area contributed by atoms with Crippen molar-refractivity contribution in [1.29, 1.82) is 0 Å². The van der Waals surface area contributed by atoms with Crippen molar-refractivity contribution in [3.05, 3.63) is 17.8 Å². The maximum absolute atomic E-state index is 9.63. The Balaban J connectivity index is 2.03. The zero-order valence-corrected chi connectivity index (χ0v) is 9.07. The molecule has 0 unspecified atom stereocenters. The monoisotopic (exact) mass is 207 g/mol. The first-order valence-corrected chi connectivity index (χ1v) is 5.58. The smallest absolute Gasteiger partial charge is 0.257 e. The van der Waals surface area contributed by atoms with Gasteiger partial charge in [-0.1, -0.05) is 6.42 Å². The molecule has 1 aliphatic rings. The van der Waals surface area contributed by atoms with Crippen molar-refractivity contribution in [1.82, 2.24) is 4.98 Å². The highest BCUT2D eigenvalue weighted by molar-refractivity contribution is 5.34. The van der Waals surface area contributed by atoms with Crippen LogP contribution >= 0.6 is 0 Å². The lowest BCUT2D eigenvalue weighted by molar-refractivity contribution is 0.143. The summed E-state index contributed by atoms with van der Waals surface area (Å²) < 4.78 is 5.68. The van der Waals surface area contributed by atoms with Gasteiger partial charge in [-0.2, -0.15) is 0 Å². The third-order valence-electron chi connectivity index (χ3n) is 2.80. The minimum Gasteiger partial charge on any atom is -0.503 e. The normalized spacial score (nSPS) is 17.7. The molecule has 0 aromatic carbocycles. The summed E-state index contributed by atoms with van der Waals surface area (Å²) in [5.41, 5.74) is 0.948. The van der Waals surface area contributed by atoms with Gasteiger partial charge in [0.1, 0.15) is 6.10 Å². The highest BCUT2D eigenvalue weighted by Gasteiger charge is 2.16. The molecule has 0 radical (unpaired) electrons. The molecule has 82 valence electrons. The Morgan fingerprint density at radius 1 is 1.33 bits per heavy atom. The highest BCUT2D eigenvalue weighted by atomic mass is 16.5. The molecular formula is C12H17NO2. The molecule has 0 aliphatic heterocycles. The van der Waals surface area contributed by atoms with Gasteiger partial charge in [-0.3, -0.25) is 0 Å². The van der Waals surface area contributed by atoms with Gasteiger partial charge in [0.2, 0.25) is 0 Å². The summed E-state index contributed by atoms with van der Waals surface area (Å²) in [6.45, 7) is 1.90. The maximum atomic E-state index is 9.63. The topological polar surface area (TPSA) is 42.4 Å². The van der Waals surface area contributed by atoms with Crippen molar-refractivity contribution in [2.75, 3.05) is 0 Å². The second-order valence-electron chi connectivity index (χ2n) is 4.21. The Hall–Kier alpha value is -1.25. The number of rotatable bonds is 2. The first kappa shape index (κ1) is 10.3. The first-order valence-electron chi connectivity index (χ1n) is 5.58. The van der Waals surface area contributed by atoms with Gasteiger partial charge in [0.15, 0.2) is 5.75 Å². The summed E-state index contributed by atoms with van der Waals surface area (Å²) in [5, 5.41) is 9.63. The van der Waals surface area contributed by atoms with E-state index >= 15 is 0 Å². The molecule has 1 aromatic heterocycles. The molecule has 0 amide bonds. The molecule has 1 N–H and O–H groups in total. The highest BCUT2D eigenvalue weighted by Crippen LogP contribution is 2.28. The van der Waals surface area contributed by atoms with Crippen LogP contribution in [0, 0.1) is 6.92 Å². The summed E-state index contributed by atoms with van der Waals surface area (Å²) in [4.78, 5) is 4.10. The SMILES string of the molecule is Cc1cnc(OC2CCCCC2)c(O)c1. The molecule has 1 aliphatic carbocycles. The molecule has 1 aromatic rings. The molecule has 15 heavy (non-hydrogen) atoms. The minimum atomic E-state index is 0.153. The second-order valence-corrected chi connectivity index (χ2v) is 4.21. The Kier molecular flexibility index (Phi) is 3.09. The molecule has 1 heterocycles. The summed E-state index contributed by atoms with van der Waals surface area (Å²) >= 11 is 0. The van der Waals surface area contributed by atoms with Crippen molar-refractivity contribution in [2.45, 2.75) is 45.1 Å². The zero-order valence-electron chi connectivity index (χ0n) is 9.07. The average Bonchev–Trinajstić information content (AvgIpc) is 2.24. The van der Waals surface area contributed by atoms with E-state index < -0.39 is 0 Å². The minimum absolute atomic E-state index is 0.153. The van der Waals surface area contributed by atoms with Gasteiger partial charge in [-0.25, -0.2) is 4.98 Å². The molecule has 1 saturated carbocycles. The second kappa shape index (κ2) is 4.51. The fourth-order valence-electron chi connectivity index (χ4n) is 1.97. The third-order valence-corrected chi connectivity index (χ3v) is 2.80. The van der Waals surface area contributed by atoms with Crippen LogP contribution in [-0.2, 0) is 0 Å². The van der Waals surface area contributed by atoms with E-state index in [9.17, 15) is 5.11 Å². The van der Waals surface area contributed by atoms with E-state index in [2.05, 4.69) is 4.98 Å². The quantitative estimate of drug-likeness (QED) is 0.810. The van der Waals surface area contributed by atoms with Crippen LogP contribution in [0.5, 0.6) is 11.6 Å². The van der Waals surface area contributed by atoms with Crippen molar-refractivity contribution in [3.8, 4) is 11.6 Å². The van der Waals surface area contributed by atoms with Crippen molar-refractivity contribution >= 4 is 0 Å². The van der Waals surface area contributed by atoms with Crippen LogP contribution in [0.2, 0.25) is 0 Å². The predicted molar refractivity (Wildman–Crippen MR) is 58.1 cm³/mol. The van der Waals surface area contributed by atoms with Gasteiger partial charge >= 0.3 is 0 Å². The number of pyridine rings is 1. The van der Waals surface area contributed by atoms with Gasteiger partial charge in [0, 0.05) is 6.20 Å². The van der Waals surface area contributed by atoms with E-state index in [1.807, 2.05) is 6.92 Å². The summed E-state index contributed by atoms with van der Waals surface area (Å²) in [7, 11) is 0. The van der Waals surface area contributed by atoms with Crippen molar-refractivity contribution in [2.24, 2.45) is 0 Å². The number of nitrogens with zero attached hydrogens (tertiary/aromatic N) is 1. The van der Waals surface area contributed by atoms with Crippen LogP contribution < -0.4 is 4.74 Å². The van der Waals surface area contributed by atoms with E-state index in [4.69, 9.17) is 4.74 Å². The Labute approximate surface area is 90.1 Å². The fraction of sp³-hybridized carbons (Fsp3) is 0.583. The Bertz CT molecular complexity index is 332. The maximum Gasteiger partial charge on any atom is 0.257 e. The number of hydrogen-bond acceptors (Lipinski definition) is 3. The van der Waals surface area contributed by atoms with Gasteiger partial charge < -0.3 is 9.84 Å². The van der Waals surface area contributed by atoms with Crippen molar-refractivity contribution < 1.29 is 9.84 Å². The number of aryl methyl sites for hydroxylation is 1. The van der Waals surface area contributed by atoms with E-state index in [0.29, 0.717) is 5.88 Å². The molecule has 2 rings (SSSR count). The van der Waals surface area contributed by atoms with E-state index in [1.54, 1.807) is 12.3 Å². The zero-order chi connectivity index (χ0) is 10.7. The standard InChI is InChI=1S/C12H17NO2/c1-9-7-11(14)12(13-8-9)15-10-5-3-2-4-6-10/h7-8,10,14H,2-6H2,1H3. The van der Waals surface area contributed by atoms with Crippen LogP contribution in [0.3, 0.4) is 0 Å². The summed E-state index contributed by atoms with van der Waals surface area (Å²) in [5.74, 6) is 0.535. The van der Waals surface area contributed by atoms with Crippen LogP contribution in [0.1, 0.15) is 37.7 Å². The Morgan fingerprint density at radius 2 is 2.07 bits per heavy atom. The molecule has 3 nitrogen and oxygen atoms in total. The number of hydrogen-bond donors (Lipinski definition) is 1. The number of ether oxygens (including phenoxy) is 1. The van der Waals surface area contributed by atoms with Gasteiger partial charge in [-0.15, -0.1) is 0 Å². The van der Waals surface area contributed by atoms with Gasteiger partial charge in [0.25, 0.3) is 5.88 Å². The molecule has 0 bridgehead atoms. The lowest BCUT2D eigenvalue weighted by Crippen LogP contribution is -2.20. The molecular weight excluding hydrogens is 190 g/mol. The Morgan fingerprint density at radius 3 is 2.73 bits per heavy atom. The number of aromatic nitrogens is 1. The van der Waals surface area contributed by atoms with E-state index in [0.717, 1.165) is 18.4 Å². The summed E-state index contributed by atoms with van der Waals surface area (Å²) in [6.07, 6.45) is 7.85. The van der Waals surface area contributed by atoms with Gasteiger partial charge in [0.05, 0.1) is 0 Å². The van der Waals surface area contributed by atoms with Crippen LogP contribution in [0.15, 0.2) is 12.3 Å². The summed E-state index contributed by atoms with van der Waals surface area (Å²) in [6, 6.07) is 1.69. The molecule has 1 fully saturated rings. The van der Waals surface area contributed by atoms with Gasteiger partial charge in [-0.05, 0) is 44.2 Å². The molecule has 0 atom stereocenters.